The van der Waals surface area contributed by atoms with Crippen molar-refractivity contribution < 1.29 is 9.53 Å². The van der Waals surface area contributed by atoms with E-state index in [1.54, 1.807) is 6.20 Å². The Morgan fingerprint density at radius 2 is 1.96 bits per heavy atom. The average Bonchev–Trinajstić information content (AvgIpc) is 2.69. The highest BCUT2D eigenvalue weighted by molar-refractivity contribution is 5.83. The molecule has 1 aromatic carbocycles. The quantitative estimate of drug-likeness (QED) is 0.818. The highest BCUT2D eigenvalue weighted by Gasteiger charge is 2.39. The molecule has 2 aromatic rings. The Hall–Kier alpha value is -2.24. The Balaban J connectivity index is 1.77. The van der Waals surface area contributed by atoms with Crippen LogP contribution in [0.1, 0.15) is 18.4 Å². The van der Waals surface area contributed by atoms with Gasteiger partial charge in [-0.2, -0.15) is 0 Å². The topological polar surface area (TPSA) is 54.5 Å². The molecule has 0 saturated carbocycles. The molecule has 5 heteroatoms. The predicted molar refractivity (Wildman–Crippen MR) is 107 cm³/mol. The van der Waals surface area contributed by atoms with E-state index in [4.69, 9.17) is 4.74 Å². The van der Waals surface area contributed by atoms with Crippen molar-refractivity contribution in [3.8, 4) is 11.1 Å². The van der Waals surface area contributed by atoms with Gasteiger partial charge < -0.3 is 15.0 Å². The number of nitrogens with one attached hydrogen (secondary N) is 1. The van der Waals surface area contributed by atoms with Crippen molar-refractivity contribution in [2.24, 2.45) is 5.41 Å². The second-order valence-corrected chi connectivity index (χ2v) is 7.57. The van der Waals surface area contributed by atoms with Crippen LogP contribution in [0.5, 0.6) is 0 Å². The number of hydrogen-bond acceptors (Lipinski definition) is 4. The molecule has 0 aliphatic carbocycles. The second kappa shape index (κ2) is 9.11. The molecule has 2 heterocycles. The van der Waals surface area contributed by atoms with Crippen LogP contribution in [0.4, 0.5) is 0 Å². The summed E-state index contributed by atoms with van der Waals surface area (Å²) in [6, 6.07) is 12.5. The second-order valence-electron chi connectivity index (χ2n) is 7.57. The molecule has 1 aliphatic heterocycles. The fourth-order valence-electron chi connectivity index (χ4n) is 3.61. The minimum Gasteiger partial charge on any atom is -0.381 e. The number of likely N-dealkylation sites (N-methyl/N-ethyl adjacent to an activating group) is 1. The maximum absolute atomic E-state index is 13.1. The molecule has 1 aliphatic rings. The zero-order chi connectivity index (χ0) is 19.1. The fourth-order valence-corrected chi connectivity index (χ4v) is 3.61. The number of pyridine rings is 1. The molecular formula is C22H29N3O2. The Labute approximate surface area is 161 Å². The van der Waals surface area contributed by atoms with E-state index in [9.17, 15) is 4.79 Å². The maximum atomic E-state index is 13.1. The van der Waals surface area contributed by atoms with E-state index in [1.165, 1.54) is 5.56 Å². The van der Waals surface area contributed by atoms with Crippen molar-refractivity contribution in [2.75, 3.05) is 40.4 Å². The molecule has 1 amide bonds. The van der Waals surface area contributed by atoms with Gasteiger partial charge >= 0.3 is 0 Å². The molecule has 1 saturated heterocycles. The van der Waals surface area contributed by atoms with Gasteiger partial charge in [0.2, 0.25) is 5.91 Å². The summed E-state index contributed by atoms with van der Waals surface area (Å²) in [6.45, 7) is 2.80. The van der Waals surface area contributed by atoms with E-state index in [1.807, 2.05) is 26.4 Å². The number of benzene rings is 1. The van der Waals surface area contributed by atoms with E-state index in [2.05, 4.69) is 45.5 Å². The van der Waals surface area contributed by atoms with Crippen molar-refractivity contribution in [3.05, 3.63) is 54.4 Å². The predicted octanol–water partition coefficient (Wildman–Crippen LogP) is 2.77. The molecule has 1 fully saturated rings. The lowest BCUT2D eigenvalue weighted by Crippen LogP contribution is -2.47. The van der Waals surface area contributed by atoms with Crippen LogP contribution in [0, 0.1) is 5.41 Å². The van der Waals surface area contributed by atoms with Gasteiger partial charge in [0.15, 0.2) is 0 Å². The third-order valence-corrected chi connectivity index (χ3v) is 5.24. The zero-order valence-electron chi connectivity index (χ0n) is 16.3. The Morgan fingerprint density at radius 3 is 2.67 bits per heavy atom. The Kier molecular flexibility index (Phi) is 6.58. The zero-order valence-corrected chi connectivity index (χ0v) is 16.3. The van der Waals surface area contributed by atoms with E-state index in [-0.39, 0.29) is 5.91 Å². The van der Waals surface area contributed by atoms with Crippen LogP contribution in [-0.4, -0.2) is 56.2 Å². The third-order valence-electron chi connectivity index (χ3n) is 5.24. The molecule has 27 heavy (non-hydrogen) atoms. The summed E-state index contributed by atoms with van der Waals surface area (Å²) in [5.41, 5.74) is 3.02. The van der Waals surface area contributed by atoms with Gasteiger partial charge in [-0.1, -0.05) is 30.3 Å². The highest BCUT2D eigenvalue weighted by Crippen LogP contribution is 2.35. The van der Waals surface area contributed by atoms with Gasteiger partial charge in [0.25, 0.3) is 0 Å². The van der Waals surface area contributed by atoms with Crippen LogP contribution < -0.4 is 5.32 Å². The molecule has 0 unspecified atom stereocenters. The Morgan fingerprint density at radius 1 is 1.19 bits per heavy atom. The lowest BCUT2D eigenvalue weighted by Gasteiger charge is -2.36. The monoisotopic (exact) mass is 367 g/mol. The number of ether oxygens (including phenoxy) is 1. The largest absolute Gasteiger partial charge is 0.381 e. The number of aromatic nitrogens is 1. The summed E-state index contributed by atoms with van der Waals surface area (Å²) in [7, 11) is 4.03. The molecule has 0 spiro atoms. The van der Waals surface area contributed by atoms with E-state index < -0.39 is 5.41 Å². The van der Waals surface area contributed by atoms with Crippen LogP contribution >= 0.6 is 0 Å². The van der Waals surface area contributed by atoms with Crippen LogP contribution in [-0.2, 0) is 16.0 Å². The lowest BCUT2D eigenvalue weighted by molar-refractivity contribution is -0.136. The third kappa shape index (κ3) is 5.15. The first-order valence-electron chi connectivity index (χ1n) is 9.59. The summed E-state index contributed by atoms with van der Waals surface area (Å²) in [5.74, 6) is 0.152. The lowest BCUT2D eigenvalue weighted by atomic mass is 9.74. The molecule has 144 valence electrons. The first-order chi connectivity index (χ1) is 13.1. The van der Waals surface area contributed by atoms with Crippen molar-refractivity contribution in [1.82, 2.24) is 15.2 Å². The summed E-state index contributed by atoms with van der Waals surface area (Å²) >= 11 is 0. The van der Waals surface area contributed by atoms with Crippen LogP contribution in [0.2, 0.25) is 0 Å². The van der Waals surface area contributed by atoms with Gasteiger partial charge in [-0.3, -0.25) is 9.78 Å². The number of carbonyl (C=O) groups is 1. The van der Waals surface area contributed by atoms with Gasteiger partial charge in [-0.05, 0) is 56.1 Å². The molecule has 5 nitrogen and oxygen atoms in total. The van der Waals surface area contributed by atoms with Crippen molar-refractivity contribution in [3.63, 3.8) is 0 Å². The first-order valence-corrected chi connectivity index (χ1v) is 9.59. The minimum absolute atomic E-state index is 0.152. The van der Waals surface area contributed by atoms with Crippen LogP contribution in [0.25, 0.3) is 11.1 Å². The number of nitrogens with zero attached hydrogens (tertiary/aromatic N) is 2. The van der Waals surface area contributed by atoms with Gasteiger partial charge in [0.05, 0.1) is 5.41 Å². The first kappa shape index (κ1) is 19.5. The van der Waals surface area contributed by atoms with Crippen molar-refractivity contribution in [1.29, 1.82) is 0 Å². The maximum Gasteiger partial charge on any atom is 0.226 e. The molecule has 0 atom stereocenters. The summed E-state index contributed by atoms with van der Waals surface area (Å²) in [5, 5.41) is 3.14. The summed E-state index contributed by atoms with van der Waals surface area (Å²) in [4.78, 5) is 19.4. The number of amides is 1. The summed E-state index contributed by atoms with van der Waals surface area (Å²) in [6.07, 6.45) is 5.91. The molecule has 0 radical (unpaired) electrons. The molecular weight excluding hydrogens is 338 g/mol. The van der Waals surface area contributed by atoms with Crippen LogP contribution in [0.3, 0.4) is 0 Å². The average molecular weight is 367 g/mol. The highest BCUT2D eigenvalue weighted by atomic mass is 16.5. The normalized spacial score (nSPS) is 16.3. The van der Waals surface area contributed by atoms with Crippen LogP contribution in [0.15, 0.2) is 48.8 Å². The van der Waals surface area contributed by atoms with Gasteiger partial charge in [0.1, 0.15) is 0 Å². The van der Waals surface area contributed by atoms with E-state index in [0.29, 0.717) is 19.8 Å². The Bertz CT molecular complexity index is 740. The SMILES string of the molecule is CN(C)CCNC(=O)C1(Cc2cccc(-c3cccnc3)c2)CCOCC1. The fraction of sp³-hybridized carbons (Fsp3) is 0.455. The molecule has 1 N–H and O–H groups in total. The minimum atomic E-state index is -0.391. The standard InChI is InChI=1S/C22H29N3O2/c1-25(2)12-11-24-21(26)22(8-13-27-14-9-22)16-18-5-3-6-19(15-18)20-7-4-10-23-17-20/h3-7,10,15,17H,8-9,11-14,16H2,1-2H3,(H,24,26). The number of hydrogen-bond donors (Lipinski definition) is 1. The number of rotatable bonds is 7. The smallest absolute Gasteiger partial charge is 0.226 e. The van der Waals surface area contributed by atoms with E-state index >= 15 is 0 Å². The molecule has 3 rings (SSSR count). The molecule has 0 bridgehead atoms. The van der Waals surface area contributed by atoms with Gasteiger partial charge in [-0.25, -0.2) is 0 Å². The summed E-state index contributed by atoms with van der Waals surface area (Å²) < 4.78 is 5.55. The van der Waals surface area contributed by atoms with Crippen molar-refractivity contribution in [2.45, 2.75) is 19.3 Å². The van der Waals surface area contributed by atoms with Gasteiger partial charge in [-0.15, -0.1) is 0 Å². The van der Waals surface area contributed by atoms with Gasteiger partial charge in [0, 0.05) is 38.7 Å². The number of carbonyl (C=O) groups excluding carboxylic acids is 1. The molecule has 1 aromatic heterocycles. The van der Waals surface area contributed by atoms with Crippen molar-refractivity contribution >= 4 is 5.91 Å². The van der Waals surface area contributed by atoms with E-state index in [0.717, 1.165) is 36.9 Å².